The Labute approximate surface area is 172 Å². The summed E-state index contributed by atoms with van der Waals surface area (Å²) in [4.78, 5) is 16.1. The topological polar surface area (TPSA) is 71.8 Å². The molecule has 1 N–H and O–H groups in total. The molecule has 4 aromatic rings. The fourth-order valence-corrected chi connectivity index (χ4v) is 3.95. The van der Waals surface area contributed by atoms with Crippen LogP contribution < -0.4 is 10.2 Å². The molecule has 150 valence electrons. The van der Waals surface area contributed by atoms with Crippen molar-refractivity contribution in [3.8, 4) is 11.5 Å². The molecule has 30 heavy (non-hydrogen) atoms. The van der Waals surface area contributed by atoms with E-state index >= 15 is 0 Å². The van der Waals surface area contributed by atoms with E-state index < -0.39 is 0 Å². The minimum Gasteiger partial charge on any atom is -0.351 e. The second-order valence-corrected chi connectivity index (χ2v) is 7.90. The number of halogens is 1. The van der Waals surface area contributed by atoms with Gasteiger partial charge in [0.05, 0.1) is 30.5 Å². The Morgan fingerprint density at radius 3 is 2.87 bits per heavy atom. The predicted molar refractivity (Wildman–Crippen MR) is 113 cm³/mol. The average molecular weight is 401 g/mol. The monoisotopic (exact) mass is 401 g/mol. The minimum absolute atomic E-state index is 0.257. The van der Waals surface area contributed by atoms with Crippen LogP contribution >= 0.6 is 0 Å². The molecule has 0 radical (unpaired) electrons. The molecule has 1 aromatic carbocycles. The summed E-state index contributed by atoms with van der Waals surface area (Å²) in [6, 6.07) is 10.5. The Morgan fingerprint density at radius 1 is 1.10 bits per heavy atom. The number of nitrogens with one attached hydrogen (secondary N) is 1. The number of benzene rings is 1. The quantitative estimate of drug-likeness (QED) is 0.550. The molecule has 4 heterocycles. The zero-order chi connectivity index (χ0) is 20.1. The standard InChI is InChI=1S/C22H20FN7/c23-17-6-2-1-4-15(17)12-30-22-16(5-3-9-24-22)19(28-30)21-25-10-18-20(27-21)26-13-29(18)11-14-7-8-14/h1-6,9-10,14H,7-8,11-13H2,(H,25,26,27). The van der Waals surface area contributed by atoms with E-state index in [0.29, 0.717) is 29.3 Å². The molecule has 0 atom stereocenters. The number of hydrogen-bond acceptors (Lipinski definition) is 6. The third-order valence-electron chi connectivity index (χ3n) is 5.72. The van der Waals surface area contributed by atoms with Crippen molar-refractivity contribution in [2.45, 2.75) is 19.4 Å². The normalized spacial score (nSPS) is 15.4. The molecule has 6 rings (SSSR count). The van der Waals surface area contributed by atoms with Gasteiger partial charge < -0.3 is 10.2 Å². The van der Waals surface area contributed by atoms with Gasteiger partial charge in [-0.2, -0.15) is 5.10 Å². The van der Waals surface area contributed by atoms with Crippen LogP contribution in [0.1, 0.15) is 18.4 Å². The molecule has 1 saturated carbocycles. The summed E-state index contributed by atoms with van der Waals surface area (Å²) in [6.07, 6.45) is 6.21. The van der Waals surface area contributed by atoms with E-state index in [1.165, 1.54) is 18.9 Å². The van der Waals surface area contributed by atoms with Crippen LogP contribution in [-0.4, -0.2) is 37.9 Å². The summed E-state index contributed by atoms with van der Waals surface area (Å²) in [5.74, 6) is 1.91. The first kappa shape index (κ1) is 17.3. The van der Waals surface area contributed by atoms with Crippen LogP contribution in [0.15, 0.2) is 48.8 Å². The van der Waals surface area contributed by atoms with Crippen molar-refractivity contribution >= 4 is 22.5 Å². The van der Waals surface area contributed by atoms with Crippen molar-refractivity contribution in [3.05, 3.63) is 60.2 Å². The first-order valence-corrected chi connectivity index (χ1v) is 10.2. The third-order valence-corrected chi connectivity index (χ3v) is 5.72. The molecule has 8 heteroatoms. The van der Waals surface area contributed by atoms with E-state index in [1.54, 1.807) is 23.0 Å². The van der Waals surface area contributed by atoms with Crippen molar-refractivity contribution in [2.75, 3.05) is 23.4 Å². The number of anilines is 2. The Hall–Kier alpha value is -3.55. The van der Waals surface area contributed by atoms with Crippen molar-refractivity contribution < 1.29 is 4.39 Å². The molecule has 0 spiro atoms. The number of aromatic nitrogens is 5. The van der Waals surface area contributed by atoms with Gasteiger partial charge in [-0.25, -0.2) is 24.0 Å². The van der Waals surface area contributed by atoms with Gasteiger partial charge in [0.25, 0.3) is 0 Å². The van der Waals surface area contributed by atoms with Gasteiger partial charge >= 0.3 is 0 Å². The maximum atomic E-state index is 14.2. The van der Waals surface area contributed by atoms with Crippen LogP contribution in [0.4, 0.5) is 15.9 Å². The molecule has 1 fully saturated rings. The van der Waals surface area contributed by atoms with Crippen LogP contribution in [-0.2, 0) is 6.54 Å². The highest BCUT2D eigenvalue weighted by Crippen LogP contribution is 2.36. The molecule has 0 unspecified atom stereocenters. The smallest absolute Gasteiger partial charge is 0.182 e. The van der Waals surface area contributed by atoms with E-state index in [0.717, 1.165) is 36.0 Å². The second-order valence-electron chi connectivity index (χ2n) is 7.90. The summed E-state index contributed by atoms with van der Waals surface area (Å²) in [5, 5.41) is 8.94. The Morgan fingerprint density at radius 2 is 2.00 bits per heavy atom. The highest BCUT2D eigenvalue weighted by molar-refractivity contribution is 5.89. The molecule has 0 saturated heterocycles. The van der Waals surface area contributed by atoms with E-state index in [9.17, 15) is 4.39 Å². The van der Waals surface area contributed by atoms with Crippen molar-refractivity contribution in [1.82, 2.24) is 24.7 Å². The average Bonchev–Trinajstić information content (AvgIpc) is 3.40. The van der Waals surface area contributed by atoms with Gasteiger partial charge in [0.2, 0.25) is 0 Å². The van der Waals surface area contributed by atoms with Crippen LogP contribution in [0, 0.1) is 11.7 Å². The number of hydrogen-bond donors (Lipinski definition) is 1. The largest absolute Gasteiger partial charge is 0.351 e. The van der Waals surface area contributed by atoms with Crippen molar-refractivity contribution in [3.63, 3.8) is 0 Å². The van der Waals surface area contributed by atoms with Gasteiger partial charge in [0, 0.05) is 18.3 Å². The summed E-state index contributed by atoms with van der Waals surface area (Å²) >= 11 is 0. The Kier molecular flexibility index (Phi) is 3.90. The predicted octanol–water partition coefficient (Wildman–Crippen LogP) is 3.68. The third kappa shape index (κ3) is 2.96. The molecule has 7 nitrogen and oxygen atoms in total. The highest BCUT2D eigenvalue weighted by Gasteiger charge is 2.29. The van der Waals surface area contributed by atoms with Crippen LogP contribution in [0.25, 0.3) is 22.6 Å². The lowest BCUT2D eigenvalue weighted by Gasteiger charge is -2.16. The molecule has 2 aliphatic rings. The fraction of sp³-hybridized carbons (Fsp3) is 0.273. The number of rotatable bonds is 5. The van der Waals surface area contributed by atoms with E-state index in [1.807, 2.05) is 24.4 Å². The first-order chi connectivity index (χ1) is 14.8. The Balaban J connectivity index is 1.39. The van der Waals surface area contributed by atoms with Crippen molar-refractivity contribution in [1.29, 1.82) is 0 Å². The summed E-state index contributed by atoms with van der Waals surface area (Å²) in [7, 11) is 0. The molecule has 3 aromatic heterocycles. The van der Waals surface area contributed by atoms with Crippen LogP contribution in [0.2, 0.25) is 0 Å². The molecule has 1 aliphatic carbocycles. The van der Waals surface area contributed by atoms with Gasteiger partial charge in [0.1, 0.15) is 11.5 Å². The maximum Gasteiger partial charge on any atom is 0.182 e. The van der Waals surface area contributed by atoms with Gasteiger partial charge in [-0.1, -0.05) is 18.2 Å². The van der Waals surface area contributed by atoms with Gasteiger partial charge in [0.15, 0.2) is 17.3 Å². The van der Waals surface area contributed by atoms with Gasteiger partial charge in [-0.05, 0) is 37.0 Å². The molecular weight excluding hydrogens is 381 g/mol. The zero-order valence-corrected chi connectivity index (χ0v) is 16.3. The van der Waals surface area contributed by atoms with Gasteiger partial charge in [-0.3, -0.25) is 0 Å². The summed E-state index contributed by atoms with van der Waals surface area (Å²) in [6.45, 7) is 2.10. The summed E-state index contributed by atoms with van der Waals surface area (Å²) in [5.41, 5.74) is 2.94. The lowest BCUT2D eigenvalue weighted by Crippen LogP contribution is -2.25. The van der Waals surface area contributed by atoms with Crippen molar-refractivity contribution in [2.24, 2.45) is 5.92 Å². The van der Waals surface area contributed by atoms with Crippen LogP contribution in [0.5, 0.6) is 0 Å². The number of nitrogens with zero attached hydrogens (tertiary/aromatic N) is 6. The Bertz CT molecular complexity index is 1250. The number of pyridine rings is 1. The molecule has 0 amide bonds. The molecular formula is C22H20FN7. The number of fused-ring (bicyclic) bond motifs is 2. The SMILES string of the molecule is Fc1ccccc1Cn1nc(-c2ncc3c(n2)NCN3CC2CC2)c2cccnc21. The second kappa shape index (κ2) is 6.76. The van der Waals surface area contributed by atoms with E-state index in [4.69, 9.17) is 10.1 Å². The fourth-order valence-electron chi connectivity index (χ4n) is 3.95. The van der Waals surface area contributed by atoms with Gasteiger partial charge in [-0.15, -0.1) is 0 Å². The van der Waals surface area contributed by atoms with E-state index in [-0.39, 0.29) is 5.82 Å². The van der Waals surface area contributed by atoms with E-state index in [2.05, 4.69) is 20.2 Å². The molecule has 0 bridgehead atoms. The maximum absolute atomic E-state index is 14.2. The lowest BCUT2D eigenvalue weighted by molar-refractivity contribution is 0.589. The first-order valence-electron chi connectivity index (χ1n) is 10.2. The lowest BCUT2D eigenvalue weighted by atomic mass is 10.2. The summed E-state index contributed by atoms with van der Waals surface area (Å²) < 4.78 is 15.9. The minimum atomic E-state index is -0.257. The zero-order valence-electron chi connectivity index (χ0n) is 16.3. The highest BCUT2D eigenvalue weighted by atomic mass is 19.1. The molecule has 1 aliphatic heterocycles. The van der Waals surface area contributed by atoms with Crippen LogP contribution in [0.3, 0.4) is 0 Å².